The Morgan fingerprint density at radius 3 is 2.12 bits per heavy atom. The number of methoxy groups -OCH3 is 1. The highest BCUT2D eigenvalue weighted by Gasteiger charge is 2.20. The number of carbonyl (C=O) groups is 2. The second-order valence-corrected chi connectivity index (χ2v) is 6.83. The van der Waals surface area contributed by atoms with Crippen molar-refractivity contribution in [2.24, 2.45) is 0 Å². The number of hydrazine groups is 1. The van der Waals surface area contributed by atoms with Crippen molar-refractivity contribution in [3.05, 3.63) is 96.2 Å². The van der Waals surface area contributed by atoms with Gasteiger partial charge >= 0.3 is 0 Å². The number of rotatable bonds is 5. The summed E-state index contributed by atoms with van der Waals surface area (Å²) < 4.78 is 6.61. The van der Waals surface area contributed by atoms with Crippen LogP contribution in [-0.2, 0) is 0 Å². The van der Waals surface area contributed by atoms with Gasteiger partial charge in [0.05, 0.1) is 23.9 Å². The quantitative estimate of drug-likeness (QED) is 0.423. The molecule has 160 valence electrons. The van der Waals surface area contributed by atoms with Gasteiger partial charge in [0.1, 0.15) is 17.2 Å². The molecule has 0 aliphatic carbocycles. The molecular formula is C24H20N4O4. The van der Waals surface area contributed by atoms with E-state index in [1.165, 1.54) is 25.3 Å². The molecule has 0 atom stereocenters. The van der Waals surface area contributed by atoms with Gasteiger partial charge < -0.3 is 9.84 Å². The molecule has 0 spiro atoms. The Kier molecular flexibility index (Phi) is 5.85. The van der Waals surface area contributed by atoms with Crippen LogP contribution in [0.25, 0.3) is 16.9 Å². The molecular weight excluding hydrogens is 408 g/mol. The number of para-hydroxylation sites is 1. The van der Waals surface area contributed by atoms with Gasteiger partial charge in [-0.3, -0.25) is 20.4 Å². The van der Waals surface area contributed by atoms with Gasteiger partial charge in [0, 0.05) is 17.8 Å². The van der Waals surface area contributed by atoms with E-state index in [4.69, 9.17) is 4.74 Å². The predicted molar refractivity (Wildman–Crippen MR) is 119 cm³/mol. The molecule has 8 heteroatoms. The topological polar surface area (TPSA) is 105 Å². The van der Waals surface area contributed by atoms with Crippen molar-refractivity contribution in [2.45, 2.75) is 0 Å². The highest BCUT2D eigenvalue weighted by Crippen LogP contribution is 2.24. The van der Waals surface area contributed by atoms with Crippen LogP contribution in [0.3, 0.4) is 0 Å². The van der Waals surface area contributed by atoms with E-state index >= 15 is 0 Å². The molecule has 0 bridgehead atoms. The number of ether oxygens (including phenoxy) is 1. The number of nitrogens with one attached hydrogen (secondary N) is 2. The number of aromatic nitrogens is 2. The average molecular weight is 428 g/mol. The van der Waals surface area contributed by atoms with Crippen molar-refractivity contribution in [3.8, 4) is 28.4 Å². The lowest BCUT2D eigenvalue weighted by Crippen LogP contribution is -2.41. The van der Waals surface area contributed by atoms with Crippen molar-refractivity contribution in [2.75, 3.05) is 7.11 Å². The van der Waals surface area contributed by atoms with Gasteiger partial charge in [0.25, 0.3) is 11.8 Å². The first kappa shape index (κ1) is 20.7. The van der Waals surface area contributed by atoms with Crippen LogP contribution < -0.4 is 15.6 Å². The van der Waals surface area contributed by atoms with Gasteiger partial charge in [-0.1, -0.05) is 48.5 Å². The Morgan fingerprint density at radius 1 is 0.875 bits per heavy atom. The smallest absolute Gasteiger partial charge is 0.273 e. The van der Waals surface area contributed by atoms with Crippen LogP contribution in [0.1, 0.15) is 20.7 Å². The van der Waals surface area contributed by atoms with Crippen molar-refractivity contribution in [1.82, 2.24) is 20.6 Å². The molecule has 3 N–H and O–H groups in total. The van der Waals surface area contributed by atoms with E-state index in [1.54, 1.807) is 10.9 Å². The number of benzene rings is 3. The van der Waals surface area contributed by atoms with E-state index in [0.717, 1.165) is 11.3 Å². The zero-order valence-corrected chi connectivity index (χ0v) is 17.1. The molecule has 0 fully saturated rings. The van der Waals surface area contributed by atoms with Gasteiger partial charge in [-0.15, -0.1) is 0 Å². The number of phenolic OH excluding ortho intramolecular Hbond substituents is 1. The lowest BCUT2D eigenvalue weighted by atomic mass is 10.1. The van der Waals surface area contributed by atoms with E-state index in [1.807, 2.05) is 60.7 Å². The van der Waals surface area contributed by atoms with Crippen LogP contribution in [0.2, 0.25) is 0 Å². The molecule has 4 rings (SSSR count). The highest BCUT2D eigenvalue weighted by atomic mass is 16.5. The minimum Gasteiger partial charge on any atom is -0.507 e. The predicted octanol–water partition coefficient (Wildman–Crippen LogP) is 3.33. The van der Waals surface area contributed by atoms with Crippen LogP contribution >= 0.6 is 0 Å². The summed E-state index contributed by atoms with van der Waals surface area (Å²) in [5.41, 5.74) is 7.00. The van der Waals surface area contributed by atoms with Gasteiger partial charge in [-0.25, -0.2) is 4.68 Å². The molecule has 32 heavy (non-hydrogen) atoms. The minimum absolute atomic E-state index is 0.00522. The average Bonchev–Trinajstić information content (AvgIpc) is 3.29. The molecule has 8 nitrogen and oxygen atoms in total. The maximum Gasteiger partial charge on any atom is 0.273 e. The lowest BCUT2D eigenvalue weighted by Gasteiger charge is -2.09. The summed E-state index contributed by atoms with van der Waals surface area (Å²) in [7, 11) is 1.45. The molecule has 3 aromatic carbocycles. The first-order valence-electron chi connectivity index (χ1n) is 9.75. The summed E-state index contributed by atoms with van der Waals surface area (Å²) in [6.45, 7) is 0. The van der Waals surface area contributed by atoms with Crippen LogP contribution in [0.4, 0.5) is 0 Å². The number of carbonyl (C=O) groups excluding carboxylic acids is 2. The SMILES string of the molecule is COc1ccc(C(=O)NNC(=O)c2cn(-c3ccccc3)nc2-c2ccccc2)c(O)c1. The first-order chi connectivity index (χ1) is 15.6. The van der Waals surface area contributed by atoms with Crippen molar-refractivity contribution in [1.29, 1.82) is 0 Å². The Hall–Kier alpha value is -4.59. The van der Waals surface area contributed by atoms with E-state index < -0.39 is 11.8 Å². The van der Waals surface area contributed by atoms with Crippen molar-refractivity contribution < 1.29 is 19.4 Å². The van der Waals surface area contributed by atoms with E-state index in [2.05, 4.69) is 16.0 Å². The van der Waals surface area contributed by atoms with Crippen LogP contribution in [0.15, 0.2) is 85.1 Å². The molecule has 0 unspecified atom stereocenters. The maximum atomic E-state index is 12.9. The number of hydrogen-bond donors (Lipinski definition) is 3. The van der Waals surface area contributed by atoms with E-state index in [0.29, 0.717) is 11.4 Å². The molecule has 2 amide bonds. The largest absolute Gasteiger partial charge is 0.507 e. The number of phenols is 1. The summed E-state index contributed by atoms with van der Waals surface area (Å²) >= 11 is 0. The first-order valence-corrected chi connectivity index (χ1v) is 9.75. The Morgan fingerprint density at radius 2 is 1.50 bits per heavy atom. The number of aromatic hydroxyl groups is 1. The highest BCUT2D eigenvalue weighted by molar-refractivity contribution is 6.03. The normalized spacial score (nSPS) is 10.4. The van der Waals surface area contributed by atoms with Crippen molar-refractivity contribution in [3.63, 3.8) is 0 Å². The van der Waals surface area contributed by atoms with Crippen LogP contribution in [0, 0.1) is 0 Å². The van der Waals surface area contributed by atoms with Gasteiger partial charge in [0.15, 0.2) is 0 Å². The number of nitrogens with zero attached hydrogens (tertiary/aromatic N) is 2. The second-order valence-electron chi connectivity index (χ2n) is 6.83. The third-order valence-electron chi connectivity index (χ3n) is 4.77. The minimum atomic E-state index is -0.671. The van der Waals surface area contributed by atoms with Crippen LogP contribution in [0.5, 0.6) is 11.5 Å². The number of hydrogen-bond acceptors (Lipinski definition) is 5. The van der Waals surface area contributed by atoms with Gasteiger partial charge in [-0.05, 0) is 24.3 Å². The second kappa shape index (κ2) is 9.05. The molecule has 0 aliphatic rings. The molecule has 0 saturated carbocycles. The zero-order chi connectivity index (χ0) is 22.5. The standard InChI is InChI=1S/C24H20N4O4/c1-32-18-12-13-19(21(29)14-18)23(30)25-26-24(31)20-15-28(17-10-6-3-7-11-17)27-22(20)16-8-4-2-5-9-16/h2-15,29H,1H3,(H,25,30)(H,26,31). The molecule has 0 saturated heterocycles. The third-order valence-corrected chi connectivity index (χ3v) is 4.77. The molecule has 0 aliphatic heterocycles. The summed E-state index contributed by atoms with van der Waals surface area (Å²) in [5.74, 6) is -1.08. The molecule has 0 radical (unpaired) electrons. The monoisotopic (exact) mass is 428 g/mol. The Bertz CT molecular complexity index is 1250. The molecule has 1 heterocycles. The van der Waals surface area contributed by atoms with E-state index in [-0.39, 0.29) is 16.9 Å². The fourth-order valence-corrected chi connectivity index (χ4v) is 3.14. The molecule has 1 aromatic heterocycles. The Labute approximate surface area is 184 Å². The summed E-state index contributed by atoms with van der Waals surface area (Å²) in [5, 5.41) is 14.6. The molecule has 4 aromatic rings. The third kappa shape index (κ3) is 4.29. The van der Waals surface area contributed by atoms with Crippen molar-refractivity contribution >= 4 is 11.8 Å². The fourth-order valence-electron chi connectivity index (χ4n) is 3.14. The van der Waals surface area contributed by atoms with Gasteiger partial charge in [0.2, 0.25) is 0 Å². The maximum absolute atomic E-state index is 12.9. The Balaban J connectivity index is 1.59. The number of amides is 2. The lowest BCUT2D eigenvalue weighted by molar-refractivity contribution is 0.0845. The summed E-state index contributed by atoms with van der Waals surface area (Å²) in [4.78, 5) is 25.4. The van der Waals surface area contributed by atoms with Crippen LogP contribution in [-0.4, -0.2) is 33.8 Å². The summed E-state index contributed by atoms with van der Waals surface area (Å²) in [6, 6.07) is 22.9. The fraction of sp³-hybridized carbons (Fsp3) is 0.0417. The zero-order valence-electron chi connectivity index (χ0n) is 17.1. The van der Waals surface area contributed by atoms with Gasteiger partial charge in [-0.2, -0.15) is 5.10 Å². The summed E-state index contributed by atoms with van der Waals surface area (Å²) in [6.07, 6.45) is 1.60. The van der Waals surface area contributed by atoms with E-state index in [9.17, 15) is 14.7 Å².